The molecule has 0 spiro atoms. The highest BCUT2D eigenvalue weighted by atomic mass is 79.9. The number of carbonyl (C=O) groups excluding carboxylic acids is 1. The number of carboxylic acid groups (broad SMARTS) is 1. The van der Waals surface area contributed by atoms with Crippen molar-refractivity contribution in [2.45, 2.75) is 6.42 Å². The zero-order chi connectivity index (χ0) is 13.1. The van der Waals surface area contributed by atoms with Gasteiger partial charge < -0.3 is 15.2 Å². The van der Waals surface area contributed by atoms with Crippen LogP contribution in [0.25, 0.3) is 0 Å². The first-order valence-electron chi connectivity index (χ1n) is 5.49. The second-order valence-electron chi connectivity index (χ2n) is 4.05. The summed E-state index contributed by atoms with van der Waals surface area (Å²) < 4.78 is 5.62. The molecule has 1 aliphatic heterocycles. The molecule has 1 aromatic rings. The van der Waals surface area contributed by atoms with Gasteiger partial charge in [-0.3, -0.25) is 4.79 Å². The molecule has 1 atom stereocenters. The standard InChI is InChI=1S/C12H12BrNO4/c13-10-2-1-8(5-9(10)12(16)17)14-11(15)7-3-4-18-6-7/h1-2,5,7H,3-4,6H2,(H,14,15)(H,16,17). The monoisotopic (exact) mass is 313 g/mol. The van der Waals surface area contributed by atoms with Gasteiger partial charge in [-0.15, -0.1) is 0 Å². The Balaban J connectivity index is 2.11. The molecule has 1 saturated heterocycles. The number of aromatic carboxylic acids is 1. The van der Waals surface area contributed by atoms with E-state index in [-0.39, 0.29) is 17.4 Å². The number of benzene rings is 1. The molecule has 1 heterocycles. The largest absolute Gasteiger partial charge is 0.478 e. The average molecular weight is 314 g/mol. The summed E-state index contributed by atoms with van der Waals surface area (Å²) in [5.41, 5.74) is 0.600. The SMILES string of the molecule is O=C(O)c1cc(NC(=O)C2CCOC2)ccc1Br. The molecule has 6 heteroatoms. The summed E-state index contributed by atoms with van der Waals surface area (Å²) in [6, 6.07) is 4.69. The van der Waals surface area contributed by atoms with Crippen LogP contribution in [0.4, 0.5) is 5.69 Å². The molecule has 1 amide bonds. The lowest BCUT2D eigenvalue weighted by atomic mass is 10.1. The van der Waals surface area contributed by atoms with Crippen molar-refractivity contribution in [3.63, 3.8) is 0 Å². The van der Waals surface area contributed by atoms with E-state index >= 15 is 0 Å². The number of ether oxygens (including phenoxy) is 1. The van der Waals surface area contributed by atoms with Crippen LogP contribution in [0.15, 0.2) is 22.7 Å². The second-order valence-corrected chi connectivity index (χ2v) is 4.90. The predicted octanol–water partition coefficient (Wildman–Crippen LogP) is 2.12. The van der Waals surface area contributed by atoms with Crippen LogP contribution in [0.2, 0.25) is 0 Å². The molecule has 96 valence electrons. The molecule has 0 aliphatic carbocycles. The van der Waals surface area contributed by atoms with E-state index < -0.39 is 5.97 Å². The van der Waals surface area contributed by atoms with Gasteiger partial charge >= 0.3 is 5.97 Å². The minimum absolute atomic E-state index is 0.121. The molecule has 2 N–H and O–H groups in total. The van der Waals surface area contributed by atoms with Gasteiger partial charge in [-0.25, -0.2) is 4.79 Å². The third-order valence-corrected chi connectivity index (χ3v) is 3.46. The Morgan fingerprint density at radius 3 is 2.83 bits per heavy atom. The van der Waals surface area contributed by atoms with Crippen LogP contribution >= 0.6 is 15.9 Å². The van der Waals surface area contributed by atoms with Gasteiger partial charge in [0.15, 0.2) is 0 Å². The smallest absolute Gasteiger partial charge is 0.336 e. The van der Waals surface area contributed by atoms with Crippen LogP contribution in [0, 0.1) is 5.92 Å². The minimum atomic E-state index is -1.04. The zero-order valence-electron chi connectivity index (χ0n) is 9.48. The van der Waals surface area contributed by atoms with Crippen molar-refractivity contribution >= 4 is 33.5 Å². The van der Waals surface area contributed by atoms with E-state index in [1.54, 1.807) is 12.1 Å². The lowest BCUT2D eigenvalue weighted by Crippen LogP contribution is -2.22. The second kappa shape index (κ2) is 5.49. The van der Waals surface area contributed by atoms with Gasteiger partial charge in [0, 0.05) is 16.8 Å². The van der Waals surface area contributed by atoms with Gasteiger partial charge in [0.2, 0.25) is 5.91 Å². The van der Waals surface area contributed by atoms with Crippen molar-refractivity contribution in [1.82, 2.24) is 0 Å². The van der Waals surface area contributed by atoms with Gasteiger partial charge in [-0.1, -0.05) is 0 Å². The Morgan fingerprint density at radius 2 is 2.22 bits per heavy atom. The fourth-order valence-electron chi connectivity index (χ4n) is 1.75. The van der Waals surface area contributed by atoms with Crippen LogP contribution in [0.1, 0.15) is 16.8 Å². The number of anilines is 1. The molecule has 18 heavy (non-hydrogen) atoms. The Hall–Kier alpha value is -1.40. The topological polar surface area (TPSA) is 75.6 Å². The summed E-state index contributed by atoms with van der Waals surface area (Å²) in [6.45, 7) is 1.02. The summed E-state index contributed by atoms with van der Waals surface area (Å²) in [4.78, 5) is 22.8. The Labute approximate surface area is 112 Å². The van der Waals surface area contributed by atoms with Gasteiger partial charge in [0.05, 0.1) is 18.1 Å². The molecule has 0 aromatic heterocycles. The maximum atomic E-state index is 11.8. The highest BCUT2D eigenvalue weighted by Crippen LogP contribution is 2.22. The van der Waals surface area contributed by atoms with Crippen molar-refractivity contribution in [2.75, 3.05) is 18.5 Å². The fourth-order valence-corrected chi connectivity index (χ4v) is 2.17. The van der Waals surface area contributed by atoms with Gasteiger partial charge in [0.25, 0.3) is 0 Å². The van der Waals surface area contributed by atoms with E-state index in [2.05, 4.69) is 21.2 Å². The maximum absolute atomic E-state index is 11.8. The molecular weight excluding hydrogens is 302 g/mol. The van der Waals surface area contributed by atoms with Crippen LogP contribution in [-0.2, 0) is 9.53 Å². The van der Waals surface area contributed by atoms with E-state index in [0.29, 0.717) is 29.8 Å². The quantitative estimate of drug-likeness (QED) is 0.896. The Bertz CT molecular complexity index is 483. The lowest BCUT2D eigenvalue weighted by molar-refractivity contribution is -0.119. The maximum Gasteiger partial charge on any atom is 0.336 e. The van der Waals surface area contributed by atoms with E-state index in [4.69, 9.17) is 9.84 Å². The molecule has 0 radical (unpaired) electrons. The number of hydrogen-bond donors (Lipinski definition) is 2. The van der Waals surface area contributed by atoms with Gasteiger partial charge in [-0.05, 0) is 40.5 Å². The van der Waals surface area contributed by atoms with Crippen molar-refractivity contribution in [3.05, 3.63) is 28.2 Å². The molecule has 0 saturated carbocycles. The Kier molecular flexibility index (Phi) is 3.98. The van der Waals surface area contributed by atoms with Crippen LogP contribution in [0.3, 0.4) is 0 Å². The number of amides is 1. The van der Waals surface area contributed by atoms with Crippen molar-refractivity contribution < 1.29 is 19.4 Å². The van der Waals surface area contributed by atoms with Gasteiger partial charge in [-0.2, -0.15) is 0 Å². The summed E-state index contributed by atoms with van der Waals surface area (Å²) in [6.07, 6.45) is 0.703. The van der Waals surface area contributed by atoms with Crippen LogP contribution in [0.5, 0.6) is 0 Å². The Morgan fingerprint density at radius 1 is 1.44 bits per heavy atom. The normalized spacial score (nSPS) is 18.6. The number of carboxylic acids is 1. The molecule has 1 unspecified atom stereocenters. The van der Waals surface area contributed by atoms with E-state index in [1.165, 1.54) is 6.07 Å². The van der Waals surface area contributed by atoms with Gasteiger partial charge in [0.1, 0.15) is 0 Å². The third kappa shape index (κ3) is 2.88. The van der Waals surface area contributed by atoms with E-state index in [0.717, 1.165) is 0 Å². The van der Waals surface area contributed by atoms with Crippen molar-refractivity contribution in [1.29, 1.82) is 0 Å². The van der Waals surface area contributed by atoms with Crippen LogP contribution < -0.4 is 5.32 Å². The molecule has 1 aromatic carbocycles. The molecule has 1 aliphatic rings. The number of hydrogen-bond acceptors (Lipinski definition) is 3. The number of carbonyl (C=O) groups is 2. The van der Waals surface area contributed by atoms with E-state index in [1.807, 2.05) is 0 Å². The summed E-state index contributed by atoms with van der Waals surface area (Å²) in [5.74, 6) is -1.32. The van der Waals surface area contributed by atoms with Crippen molar-refractivity contribution in [3.8, 4) is 0 Å². The van der Waals surface area contributed by atoms with Crippen molar-refractivity contribution in [2.24, 2.45) is 5.92 Å². The molecule has 5 nitrogen and oxygen atoms in total. The zero-order valence-corrected chi connectivity index (χ0v) is 11.1. The number of halogens is 1. The minimum Gasteiger partial charge on any atom is -0.478 e. The fraction of sp³-hybridized carbons (Fsp3) is 0.333. The highest BCUT2D eigenvalue weighted by molar-refractivity contribution is 9.10. The first-order chi connectivity index (χ1) is 8.58. The van der Waals surface area contributed by atoms with Crippen LogP contribution in [-0.4, -0.2) is 30.2 Å². The predicted molar refractivity (Wildman–Crippen MR) is 68.7 cm³/mol. The first-order valence-corrected chi connectivity index (χ1v) is 6.28. The molecule has 1 fully saturated rings. The third-order valence-electron chi connectivity index (χ3n) is 2.76. The number of nitrogens with one attached hydrogen (secondary N) is 1. The highest BCUT2D eigenvalue weighted by Gasteiger charge is 2.23. The molecule has 0 bridgehead atoms. The summed E-state index contributed by atoms with van der Waals surface area (Å²) in [7, 11) is 0. The van der Waals surface area contributed by atoms with E-state index in [9.17, 15) is 9.59 Å². The summed E-state index contributed by atoms with van der Waals surface area (Å²) >= 11 is 3.15. The average Bonchev–Trinajstić information content (AvgIpc) is 2.85. The molecular formula is C12H12BrNO4. The number of rotatable bonds is 3. The summed E-state index contributed by atoms with van der Waals surface area (Å²) in [5, 5.41) is 11.7. The molecule has 2 rings (SSSR count). The lowest BCUT2D eigenvalue weighted by Gasteiger charge is -2.10. The first kappa shape index (κ1) is 13.0.